The van der Waals surface area contributed by atoms with E-state index < -0.39 is 16.6 Å². The van der Waals surface area contributed by atoms with Crippen LogP contribution in [0.1, 0.15) is 47.2 Å². The fourth-order valence-electron chi connectivity index (χ4n) is 6.40. The summed E-state index contributed by atoms with van der Waals surface area (Å²) in [6, 6.07) is 33.8. The third kappa shape index (κ3) is 12.7. The molecule has 4 aromatic rings. The van der Waals surface area contributed by atoms with Crippen molar-refractivity contribution < 1.29 is 32.5 Å². The van der Waals surface area contributed by atoms with Gasteiger partial charge in [0.05, 0.1) is 38.5 Å². The summed E-state index contributed by atoms with van der Waals surface area (Å²) < 4.78 is 41.0. The maximum absolute atomic E-state index is 6.88. The van der Waals surface area contributed by atoms with Crippen LogP contribution in [0.5, 0.6) is 23.0 Å². The third-order valence-electron chi connectivity index (χ3n) is 9.57. The molecule has 53 heavy (non-hydrogen) atoms. The molecule has 0 aliphatic carbocycles. The topological polar surface area (TPSA) is 123 Å². The second kappa shape index (κ2) is 18.1. The van der Waals surface area contributed by atoms with Crippen molar-refractivity contribution in [2.45, 2.75) is 75.4 Å². The van der Waals surface area contributed by atoms with Crippen molar-refractivity contribution in [3.05, 3.63) is 119 Å². The first-order valence-corrected chi connectivity index (χ1v) is 25.1. The summed E-state index contributed by atoms with van der Waals surface area (Å²) in [6.07, 6.45) is 2.41. The Bertz CT molecular complexity index is 1570. The van der Waals surface area contributed by atoms with Crippen LogP contribution in [0.15, 0.2) is 97.1 Å². The van der Waals surface area contributed by atoms with Gasteiger partial charge in [-0.25, -0.2) is 0 Å². The van der Waals surface area contributed by atoms with Crippen molar-refractivity contribution in [1.82, 2.24) is 0 Å². The maximum Gasteiger partial charge on any atom is 0.173 e. The zero-order valence-corrected chi connectivity index (χ0v) is 33.6. The highest BCUT2D eigenvalue weighted by Gasteiger charge is 2.32. The van der Waals surface area contributed by atoms with Gasteiger partial charge in [-0.3, -0.25) is 0 Å². The van der Waals surface area contributed by atoms with E-state index in [-0.39, 0.29) is 24.3 Å². The zero-order valence-electron chi connectivity index (χ0n) is 31.6. The second-order valence-corrected chi connectivity index (χ2v) is 24.1. The van der Waals surface area contributed by atoms with Crippen LogP contribution in [-0.2, 0) is 13.6 Å². The summed E-state index contributed by atoms with van der Waals surface area (Å²) in [7, 11) is -3.69. The third-order valence-corrected chi connectivity index (χ3v) is 17.1. The molecule has 0 spiro atoms. The lowest BCUT2D eigenvalue weighted by Gasteiger charge is -2.34. The fourth-order valence-corrected chi connectivity index (χ4v) is 15.2. The van der Waals surface area contributed by atoms with E-state index in [2.05, 4.69) is 26.2 Å². The highest BCUT2D eigenvalue weighted by molar-refractivity contribution is 6.84. The van der Waals surface area contributed by atoms with Gasteiger partial charge in [-0.1, -0.05) is 48.5 Å². The molecule has 0 saturated carbocycles. The molecule has 0 bridgehead atoms. The Morgan fingerprint density at radius 2 is 0.792 bits per heavy atom. The van der Waals surface area contributed by atoms with Crippen LogP contribution in [0.25, 0.3) is 0 Å². The van der Waals surface area contributed by atoms with E-state index >= 15 is 0 Å². The van der Waals surface area contributed by atoms with Crippen LogP contribution < -0.4 is 30.4 Å². The van der Waals surface area contributed by atoms with Crippen LogP contribution in [0, 0.1) is 0 Å². The number of rotatable bonds is 22. The second-order valence-electron chi connectivity index (χ2n) is 15.3. The van der Waals surface area contributed by atoms with Gasteiger partial charge in [-0.05, 0) is 122 Å². The molecule has 0 aromatic heterocycles. The molecule has 4 aromatic carbocycles. The summed E-state index contributed by atoms with van der Waals surface area (Å²) in [5.74, 6) is 3.38. The molecule has 0 amide bonds. The van der Waals surface area contributed by atoms with E-state index in [0.29, 0.717) is 26.4 Å². The summed E-state index contributed by atoms with van der Waals surface area (Å²) >= 11 is 0. The zero-order chi connectivity index (χ0) is 37.3. The Hall–Kier alpha value is -3.69. The lowest BCUT2D eigenvalue weighted by Crippen LogP contribution is -2.44. The normalized spacial score (nSPS) is 17.8. The average Bonchev–Trinajstić information content (AvgIpc) is 4.10. The minimum absolute atomic E-state index is 0.215. The van der Waals surface area contributed by atoms with Crippen LogP contribution in [0.3, 0.4) is 0 Å². The summed E-state index contributed by atoms with van der Waals surface area (Å²) in [5.41, 5.74) is 17.3. The highest BCUT2D eigenvalue weighted by Crippen LogP contribution is 2.28. The molecule has 4 unspecified atom stereocenters. The van der Waals surface area contributed by atoms with Crippen molar-refractivity contribution >= 4 is 16.6 Å². The fraction of sp³-hybridized carbons (Fsp3) is 0.429. The number of benzene rings is 4. The Morgan fingerprint density at radius 3 is 1.08 bits per heavy atom. The molecule has 4 atom stereocenters. The first kappa shape index (κ1) is 39.0. The van der Waals surface area contributed by atoms with E-state index in [4.69, 9.17) is 44.0 Å². The van der Waals surface area contributed by atoms with Gasteiger partial charge in [0.2, 0.25) is 0 Å². The highest BCUT2D eigenvalue weighted by atomic mass is 28.4. The Labute approximate surface area is 317 Å². The van der Waals surface area contributed by atoms with Gasteiger partial charge in [0.15, 0.2) is 16.6 Å². The Morgan fingerprint density at radius 1 is 0.509 bits per heavy atom. The van der Waals surface area contributed by atoms with Gasteiger partial charge in [0, 0.05) is 0 Å². The van der Waals surface area contributed by atoms with Crippen LogP contribution >= 0.6 is 0 Å². The quantitative estimate of drug-likeness (QED) is 0.0467. The summed E-state index contributed by atoms with van der Waals surface area (Å²) in [6.45, 7) is 13.4. The Balaban J connectivity index is 0.851. The van der Waals surface area contributed by atoms with Crippen molar-refractivity contribution in [2.24, 2.45) is 11.5 Å². The number of hydrogen-bond donors (Lipinski definition) is 2. The molecule has 11 heteroatoms. The number of hydrogen-bond acceptors (Lipinski definition) is 9. The molecular weight excluding hydrogens is 701 g/mol. The van der Waals surface area contributed by atoms with Crippen molar-refractivity contribution in [2.75, 3.05) is 39.6 Å². The smallest absolute Gasteiger partial charge is 0.173 e. The molecule has 6 rings (SSSR count). The van der Waals surface area contributed by atoms with E-state index in [9.17, 15) is 0 Å². The molecule has 2 saturated heterocycles. The first-order chi connectivity index (χ1) is 25.5. The van der Waals surface area contributed by atoms with Gasteiger partial charge in [0.25, 0.3) is 0 Å². The standard InChI is InChI=1S/C42H56N2O7Si2/c1-52(2,25-5-23-45-35-15-7-31(8-16-35)41(43)33-11-19-37(20-12-33)47-27-39-29-49-39)51-53(3,4)26-6-24-46-36-17-9-32(10-18-36)42(44)34-13-21-38(22-14-34)48-28-40-30-50-40/h7-22,39-42H,5-6,23-30,43-44H2,1-4H3. The molecule has 2 aliphatic heterocycles. The van der Waals surface area contributed by atoms with E-state index in [1.54, 1.807) is 0 Å². The monoisotopic (exact) mass is 756 g/mol. The molecular formula is C42H56N2O7Si2. The van der Waals surface area contributed by atoms with Gasteiger partial charge >= 0.3 is 0 Å². The lowest BCUT2D eigenvalue weighted by molar-refractivity contribution is 0.263. The van der Waals surface area contributed by atoms with Gasteiger partial charge in [-0.2, -0.15) is 0 Å². The Kier molecular flexibility index (Phi) is 13.3. The predicted molar refractivity (Wildman–Crippen MR) is 214 cm³/mol. The molecule has 2 fully saturated rings. The maximum atomic E-state index is 6.88. The largest absolute Gasteiger partial charge is 0.494 e. The van der Waals surface area contributed by atoms with E-state index in [1.807, 2.05) is 97.1 Å². The molecule has 4 N–H and O–H groups in total. The predicted octanol–water partition coefficient (Wildman–Crippen LogP) is 8.00. The van der Waals surface area contributed by atoms with Crippen LogP contribution in [-0.4, -0.2) is 68.5 Å². The van der Waals surface area contributed by atoms with Crippen LogP contribution in [0.2, 0.25) is 38.3 Å². The number of nitrogens with two attached hydrogens (primary N) is 2. The van der Waals surface area contributed by atoms with E-state index in [0.717, 1.165) is 83.4 Å². The first-order valence-electron chi connectivity index (χ1n) is 18.9. The number of epoxide rings is 2. The summed E-state index contributed by atoms with van der Waals surface area (Å²) in [5, 5.41) is 0. The van der Waals surface area contributed by atoms with Crippen LogP contribution in [0.4, 0.5) is 0 Å². The van der Waals surface area contributed by atoms with Gasteiger partial charge in [-0.15, -0.1) is 0 Å². The molecule has 2 aliphatic rings. The molecule has 0 radical (unpaired) electrons. The van der Waals surface area contributed by atoms with Gasteiger partial charge < -0.3 is 44.0 Å². The minimum Gasteiger partial charge on any atom is -0.494 e. The lowest BCUT2D eigenvalue weighted by atomic mass is 9.99. The van der Waals surface area contributed by atoms with Gasteiger partial charge in [0.1, 0.15) is 48.4 Å². The SMILES string of the molecule is C[Si](C)(CCCOc1ccc(C(N)c2ccc(OCC3CO3)cc2)cc1)O[Si](C)(C)CCCOc1ccc(C(N)c2ccc(OCC3CO3)cc2)cc1. The summed E-state index contributed by atoms with van der Waals surface area (Å²) in [4.78, 5) is 0. The van der Waals surface area contributed by atoms with E-state index in [1.165, 1.54) is 0 Å². The van der Waals surface area contributed by atoms with Crippen molar-refractivity contribution in [3.63, 3.8) is 0 Å². The van der Waals surface area contributed by atoms with Crippen molar-refractivity contribution in [3.8, 4) is 23.0 Å². The minimum atomic E-state index is -1.84. The molecule has 2 heterocycles. The molecule has 284 valence electrons. The number of ether oxygens (including phenoxy) is 6. The average molecular weight is 757 g/mol. The molecule has 9 nitrogen and oxygen atoms in total. The van der Waals surface area contributed by atoms with Crippen molar-refractivity contribution in [1.29, 1.82) is 0 Å².